The summed E-state index contributed by atoms with van der Waals surface area (Å²) in [5, 5.41) is -0.186. The summed E-state index contributed by atoms with van der Waals surface area (Å²) < 4.78 is 55.7. The number of carbonyl (C=O) groups is 1. The molecule has 0 spiro atoms. The van der Waals surface area contributed by atoms with Gasteiger partial charge in [0.05, 0.1) is 20.0 Å². The van der Waals surface area contributed by atoms with Crippen LogP contribution in [0.2, 0.25) is 5.02 Å². The predicted octanol–water partition coefficient (Wildman–Crippen LogP) is 7.94. The molecule has 0 atom stereocenters. The third kappa shape index (κ3) is 6.15. The van der Waals surface area contributed by atoms with Crippen molar-refractivity contribution < 1.29 is 22.0 Å². The lowest BCUT2D eigenvalue weighted by atomic mass is 9.89. The van der Waals surface area contributed by atoms with E-state index in [-0.39, 0.29) is 43.5 Å². The molecule has 1 saturated carbocycles. The lowest BCUT2D eigenvalue weighted by Gasteiger charge is -2.38. The van der Waals surface area contributed by atoms with Crippen molar-refractivity contribution >= 4 is 60.5 Å². The quantitative estimate of drug-likeness (QED) is 0.193. The monoisotopic (exact) mass is 636 g/mol. The molecule has 41 heavy (non-hydrogen) atoms. The molecule has 0 bridgehead atoms. The van der Waals surface area contributed by atoms with Gasteiger partial charge < -0.3 is 4.90 Å². The van der Waals surface area contributed by atoms with Gasteiger partial charge in [-0.15, -0.1) is 11.3 Å². The first kappa shape index (κ1) is 29.9. The predicted molar refractivity (Wildman–Crippen MR) is 161 cm³/mol. The Morgan fingerprint density at radius 3 is 2.29 bits per heavy atom. The van der Waals surface area contributed by atoms with E-state index in [0.717, 1.165) is 41.9 Å². The fourth-order valence-electron chi connectivity index (χ4n) is 5.52. The van der Waals surface area contributed by atoms with Gasteiger partial charge in [0.25, 0.3) is 5.91 Å². The van der Waals surface area contributed by atoms with Crippen LogP contribution in [-0.4, -0.2) is 49.0 Å². The Bertz CT molecular complexity index is 1720. The molecule has 1 aliphatic carbocycles. The minimum Gasteiger partial charge on any atom is -0.331 e. The number of halogens is 4. The van der Waals surface area contributed by atoms with Gasteiger partial charge in [0.15, 0.2) is 9.84 Å². The SMILES string of the molecule is CN(Cl)C1CCC(N(Cc2cccc(-c3ccccc3S(C)(=O)=O)c2)C(=O)c2sc3c(F)ccc(F)c3c2Cl)CC1. The van der Waals surface area contributed by atoms with E-state index in [1.807, 2.05) is 31.3 Å². The summed E-state index contributed by atoms with van der Waals surface area (Å²) in [4.78, 5) is 16.1. The highest BCUT2D eigenvalue weighted by molar-refractivity contribution is 7.90. The van der Waals surface area contributed by atoms with Crippen molar-refractivity contribution in [1.82, 2.24) is 9.32 Å². The van der Waals surface area contributed by atoms with Crippen LogP contribution in [0, 0.1) is 11.6 Å². The molecule has 1 heterocycles. The number of hydrogen-bond acceptors (Lipinski definition) is 5. The van der Waals surface area contributed by atoms with Crippen molar-refractivity contribution in [2.24, 2.45) is 0 Å². The second kappa shape index (κ2) is 12.0. The van der Waals surface area contributed by atoms with Gasteiger partial charge in [-0.3, -0.25) is 4.79 Å². The van der Waals surface area contributed by atoms with Crippen molar-refractivity contribution in [3.63, 3.8) is 0 Å². The Morgan fingerprint density at radius 1 is 0.976 bits per heavy atom. The topological polar surface area (TPSA) is 57.7 Å². The highest BCUT2D eigenvalue weighted by Crippen LogP contribution is 2.40. The van der Waals surface area contributed by atoms with Crippen LogP contribution in [0.1, 0.15) is 40.9 Å². The molecule has 3 aromatic carbocycles. The van der Waals surface area contributed by atoms with Crippen LogP contribution in [-0.2, 0) is 16.4 Å². The Morgan fingerprint density at radius 2 is 1.63 bits per heavy atom. The van der Waals surface area contributed by atoms with Crippen LogP contribution in [0.5, 0.6) is 0 Å². The molecule has 0 N–H and O–H groups in total. The number of benzene rings is 3. The minimum atomic E-state index is -3.47. The molecule has 4 aromatic rings. The smallest absolute Gasteiger partial charge is 0.266 e. The molecule has 216 valence electrons. The second-order valence-electron chi connectivity index (χ2n) is 10.4. The molecule has 11 heteroatoms. The maximum absolute atomic E-state index is 14.6. The number of rotatable bonds is 7. The molecule has 0 aliphatic heterocycles. The van der Waals surface area contributed by atoms with Crippen LogP contribution in [0.4, 0.5) is 8.78 Å². The molecule has 5 nitrogen and oxygen atoms in total. The first-order valence-corrected chi connectivity index (χ1v) is 16.5. The van der Waals surface area contributed by atoms with Crippen molar-refractivity contribution in [2.75, 3.05) is 13.3 Å². The lowest BCUT2D eigenvalue weighted by molar-refractivity contribution is 0.0591. The third-order valence-electron chi connectivity index (χ3n) is 7.62. The average Bonchev–Trinajstić information content (AvgIpc) is 3.31. The van der Waals surface area contributed by atoms with Gasteiger partial charge in [0.2, 0.25) is 0 Å². The summed E-state index contributed by atoms with van der Waals surface area (Å²) in [7, 11) is -1.66. The van der Waals surface area contributed by atoms with Crippen LogP contribution in [0.3, 0.4) is 0 Å². The number of carbonyl (C=O) groups excluding carboxylic acids is 1. The van der Waals surface area contributed by atoms with E-state index in [1.54, 1.807) is 33.6 Å². The van der Waals surface area contributed by atoms with Crippen LogP contribution in [0.15, 0.2) is 65.6 Å². The average molecular weight is 638 g/mol. The molecule has 5 rings (SSSR count). The van der Waals surface area contributed by atoms with Gasteiger partial charge in [0.1, 0.15) is 16.5 Å². The fourth-order valence-corrected chi connectivity index (χ4v) is 8.13. The number of sulfone groups is 1. The van der Waals surface area contributed by atoms with E-state index in [2.05, 4.69) is 0 Å². The molecular formula is C30H28Cl2F2N2O3S2. The zero-order chi connectivity index (χ0) is 29.5. The maximum atomic E-state index is 14.6. The van der Waals surface area contributed by atoms with Crippen molar-refractivity contribution in [3.8, 4) is 11.1 Å². The van der Waals surface area contributed by atoms with Crippen molar-refractivity contribution in [2.45, 2.75) is 49.2 Å². The van der Waals surface area contributed by atoms with Crippen molar-refractivity contribution in [1.29, 1.82) is 0 Å². The van der Waals surface area contributed by atoms with Crippen LogP contribution in [0.25, 0.3) is 21.2 Å². The van der Waals surface area contributed by atoms with Gasteiger partial charge >= 0.3 is 0 Å². The summed E-state index contributed by atoms with van der Waals surface area (Å²) in [5.74, 6) is -1.72. The van der Waals surface area contributed by atoms with Crippen LogP contribution < -0.4 is 0 Å². The van der Waals surface area contributed by atoms with E-state index >= 15 is 0 Å². The fraction of sp³-hybridized carbons (Fsp3) is 0.300. The second-order valence-corrected chi connectivity index (χ2v) is 14.3. The normalized spacial score (nSPS) is 17.7. The Hall–Kier alpha value is -2.56. The molecule has 0 unspecified atom stereocenters. The third-order valence-corrected chi connectivity index (χ3v) is 10.7. The Labute approximate surface area is 252 Å². The maximum Gasteiger partial charge on any atom is 0.266 e. The lowest BCUT2D eigenvalue weighted by Crippen LogP contribution is -2.44. The van der Waals surface area contributed by atoms with Gasteiger partial charge in [-0.2, -0.15) is 0 Å². The molecule has 1 aromatic heterocycles. The molecule has 1 aliphatic rings. The summed E-state index contributed by atoms with van der Waals surface area (Å²) in [5.41, 5.74) is 2.05. The number of amides is 1. The molecule has 0 radical (unpaired) electrons. The van der Waals surface area contributed by atoms with Gasteiger partial charge in [-0.05, 0) is 72.9 Å². The summed E-state index contributed by atoms with van der Waals surface area (Å²) >= 11 is 13.6. The van der Waals surface area contributed by atoms with E-state index in [0.29, 0.717) is 24.0 Å². The highest BCUT2D eigenvalue weighted by atomic mass is 35.5. The molecule has 0 saturated heterocycles. The van der Waals surface area contributed by atoms with E-state index < -0.39 is 27.4 Å². The number of nitrogens with zero attached hydrogens (tertiary/aromatic N) is 2. The van der Waals surface area contributed by atoms with Crippen LogP contribution >= 0.6 is 34.7 Å². The van der Waals surface area contributed by atoms with E-state index in [1.165, 1.54) is 6.26 Å². The first-order valence-electron chi connectivity index (χ1n) is 13.1. The van der Waals surface area contributed by atoms with E-state index in [4.69, 9.17) is 23.4 Å². The van der Waals surface area contributed by atoms with Gasteiger partial charge in [-0.25, -0.2) is 21.6 Å². The zero-order valence-electron chi connectivity index (χ0n) is 22.4. The largest absolute Gasteiger partial charge is 0.331 e. The standard InChI is InChI=1S/C30H28Cl2F2N2O3S2/c1-35(32)20-10-12-21(13-11-20)36(30(37)29-27(31)26-23(33)14-15-24(34)28(26)40-29)17-18-6-5-7-19(16-18)22-8-3-4-9-25(22)41(2,38)39/h3-9,14-16,20-21H,10-13,17H2,1-2H3. The van der Waals surface area contributed by atoms with E-state index in [9.17, 15) is 22.0 Å². The minimum absolute atomic E-state index is 0.00477. The summed E-state index contributed by atoms with van der Waals surface area (Å²) in [6.07, 6.45) is 4.11. The number of fused-ring (bicyclic) bond motifs is 1. The molecular weight excluding hydrogens is 609 g/mol. The number of hydrogen-bond donors (Lipinski definition) is 0. The van der Waals surface area contributed by atoms with Crippen molar-refractivity contribution in [3.05, 3.63) is 87.8 Å². The highest BCUT2D eigenvalue weighted by Gasteiger charge is 2.33. The molecule has 1 fully saturated rings. The van der Waals surface area contributed by atoms with Gasteiger partial charge in [0, 0.05) is 37.5 Å². The number of thiophene rings is 1. The van der Waals surface area contributed by atoms with Gasteiger partial charge in [-0.1, -0.05) is 48.0 Å². The Kier molecular flexibility index (Phi) is 8.74. The first-order chi connectivity index (χ1) is 19.5. The summed E-state index contributed by atoms with van der Waals surface area (Å²) in [6, 6.07) is 16.2. The zero-order valence-corrected chi connectivity index (χ0v) is 25.6. The Balaban J connectivity index is 1.54. The molecule has 1 amide bonds. The summed E-state index contributed by atoms with van der Waals surface area (Å²) in [6.45, 7) is 0.204.